The van der Waals surface area contributed by atoms with Crippen molar-refractivity contribution in [1.29, 1.82) is 0 Å². The zero-order valence-corrected chi connectivity index (χ0v) is 13.1. The van der Waals surface area contributed by atoms with Crippen LogP contribution in [0.2, 0.25) is 0 Å². The molecule has 0 aliphatic heterocycles. The van der Waals surface area contributed by atoms with E-state index in [1.807, 2.05) is 19.1 Å². The minimum absolute atomic E-state index is 0.808. The highest BCUT2D eigenvalue weighted by molar-refractivity contribution is 9.10. The quantitative estimate of drug-likeness (QED) is 0.902. The van der Waals surface area contributed by atoms with Gasteiger partial charge < -0.3 is 10.1 Å². The molecule has 0 aliphatic carbocycles. The maximum absolute atomic E-state index is 5.41. The normalized spacial score (nSPS) is 10.4. The highest BCUT2D eigenvalue weighted by atomic mass is 79.9. The van der Waals surface area contributed by atoms with Crippen molar-refractivity contribution in [3.8, 4) is 5.75 Å². The van der Waals surface area contributed by atoms with E-state index < -0.39 is 0 Å². The second-order valence-corrected chi connectivity index (χ2v) is 5.43. The number of aromatic nitrogens is 1. The van der Waals surface area contributed by atoms with Gasteiger partial charge in [-0.3, -0.25) is 0 Å². The summed E-state index contributed by atoms with van der Waals surface area (Å²) in [4.78, 5) is 4.35. The average molecular weight is 321 g/mol. The Balaban J connectivity index is 2.37. The molecule has 0 saturated heterocycles. The van der Waals surface area contributed by atoms with Crippen LogP contribution in [0.1, 0.15) is 16.7 Å². The standard InChI is InChI=1S/C15H17BrN2O/c1-9-5-13(14(19-4)6-10(9)2)18-15-7-11(3)12(16)8-17-15/h5-8H,1-4H3,(H,17,18). The van der Waals surface area contributed by atoms with Crippen molar-refractivity contribution in [1.82, 2.24) is 4.98 Å². The van der Waals surface area contributed by atoms with E-state index in [2.05, 4.69) is 46.1 Å². The van der Waals surface area contributed by atoms with Gasteiger partial charge in [-0.1, -0.05) is 0 Å². The molecule has 1 aromatic heterocycles. The number of aryl methyl sites for hydroxylation is 3. The molecule has 4 heteroatoms. The molecule has 1 N–H and O–H groups in total. The number of nitrogens with zero attached hydrogens (tertiary/aromatic N) is 1. The van der Waals surface area contributed by atoms with Gasteiger partial charge in [0.05, 0.1) is 12.8 Å². The van der Waals surface area contributed by atoms with E-state index in [-0.39, 0.29) is 0 Å². The molecule has 0 fully saturated rings. The van der Waals surface area contributed by atoms with Gasteiger partial charge in [-0.15, -0.1) is 0 Å². The van der Waals surface area contributed by atoms with Crippen LogP contribution in [-0.4, -0.2) is 12.1 Å². The lowest BCUT2D eigenvalue weighted by atomic mass is 10.1. The molecule has 0 spiro atoms. The first kappa shape index (κ1) is 13.9. The minimum Gasteiger partial charge on any atom is -0.495 e. The van der Waals surface area contributed by atoms with Crippen molar-refractivity contribution in [3.63, 3.8) is 0 Å². The summed E-state index contributed by atoms with van der Waals surface area (Å²) in [6.45, 7) is 6.19. The number of rotatable bonds is 3. The highest BCUT2D eigenvalue weighted by Gasteiger charge is 2.07. The fourth-order valence-electron chi connectivity index (χ4n) is 1.80. The summed E-state index contributed by atoms with van der Waals surface area (Å²) >= 11 is 3.45. The van der Waals surface area contributed by atoms with Crippen molar-refractivity contribution in [3.05, 3.63) is 45.6 Å². The number of pyridine rings is 1. The van der Waals surface area contributed by atoms with Crippen molar-refractivity contribution < 1.29 is 4.74 Å². The van der Waals surface area contributed by atoms with Crippen molar-refractivity contribution in [2.75, 3.05) is 12.4 Å². The van der Waals surface area contributed by atoms with E-state index in [1.54, 1.807) is 13.3 Å². The Labute approximate surface area is 122 Å². The summed E-state index contributed by atoms with van der Waals surface area (Å²) in [5.74, 6) is 1.63. The number of hydrogen-bond donors (Lipinski definition) is 1. The van der Waals surface area contributed by atoms with Crippen LogP contribution >= 0.6 is 15.9 Å². The van der Waals surface area contributed by atoms with Crippen LogP contribution in [-0.2, 0) is 0 Å². The molecule has 0 radical (unpaired) electrons. The van der Waals surface area contributed by atoms with Crippen LogP contribution < -0.4 is 10.1 Å². The zero-order valence-electron chi connectivity index (χ0n) is 11.5. The van der Waals surface area contributed by atoms with Crippen LogP contribution in [0, 0.1) is 20.8 Å². The molecule has 3 nitrogen and oxygen atoms in total. The molecule has 2 rings (SSSR count). The highest BCUT2D eigenvalue weighted by Crippen LogP contribution is 2.30. The third-order valence-electron chi connectivity index (χ3n) is 3.13. The Morgan fingerprint density at radius 2 is 1.74 bits per heavy atom. The first-order valence-corrected chi connectivity index (χ1v) is 6.85. The van der Waals surface area contributed by atoms with Gasteiger partial charge in [0.25, 0.3) is 0 Å². The van der Waals surface area contributed by atoms with E-state index in [4.69, 9.17) is 4.74 Å². The van der Waals surface area contributed by atoms with E-state index in [0.29, 0.717) is 0 Å². The Morgan fingerprint density at radius 1 is 1.05 bits per heavy atom. The predicted molar refractivity (Wildman–Crippen MR) is 82.4 cm³/mol. The van der Waals surface area contributed by atoms with E-state index in [1.165, 1.54) is 11.1 Å². The first-order valence-electron chi connectivity index (χ1n) is 6.05. The van der Waals surface area contributed by atoms with E-state index in [0.717, 1.165) is 27.3 Å². The maximum Gasteiger partial charge on any atom is 0.142 e. The van der Waals surface area contributed by atoms with Gasteiger partial charge in [-0.2, -0.15) is 0 Å². The van der Waals surface area contributed by atoms with E-state index in [9.17, 15) is 0 Å². The van der Waals surface area contributed by atoms with Crippen LogP contribution in [0.15, 0.2) is 28.9 Å². The molecule has 0 bridgehead atoms. The van der Waals surface area contributed by atoms with Crippen molar-refractivity contribution in [2.24, 2.45) is 0 Å². The van der Waals surface area contributed by atoms with Crippen LogP contribution in [0.4, 0.5) is 11.5 Å². The SMILES string of the molecule is COc1cc(C)c(C)cc1Nc1cc(C)c(Br)cn1. The second-order valence-electron chi connectivity index (χ2n) is 4.58. The van der Waals surface area contributed by atoms with Gasteiger partial charge in [0.1, 0.15) is 11.6 Å². The maximum atomic E-state index is 5.41. The summed E-state index contributed by atoms with van der Waals surface area (Å²) in [5.41, 5.74) is 4.50. The molecule has 0 amide bonds. The Bertz CT molecular complexity index is 611. The summed E-state index contributed by atoms with van der Waals surface area (Å²) < 4.78 is 6.41. The fraction of sp³-hybridized carbons (Fsp3) is 0.267. The smallest absolute Gasteiger partial charge is 0.142 e. The average Bonchev–Trinajstić information content (AvgIpc) is 2.38. The third-order valence-corrected chi connectivity index (χ3v) is 3.96. The van der Waals surface area contributed by atoms with Crippen LogP contribution in [0.5, 0.6) is 5.75 Å². The Hall–Kier alpha value is -1.55. The number of benzene rings is 1. The molecular weight excluding hydrogens is 304 g/mol. The van der Waals surface area contributed by atoms with Crippen molar-refractivity contribution >= 4 is 27.4 Å². The zero-order chi connectivity index (χ0) is 14.0. The third kappa shape index (κ3) is 3.07. The second kappa shape index (κ2) is 5.61. The molecule has 0 aliphatic rings. The molecule has 0 saturated carbocycles. The first-order chi connectivity index (χ1) is 9.01. The number of anilines is 2. The molecule has 2 aromatic rings. The van der Waals surface area contributed by atoms with Gasteiger partial charge in [-0.25, -0.2) is 4.98 Å². The number of ether oxygens (including phenoxy) is 1. The summed E-state index contributed by atoms with van der Waals surface area (Å²) in [5, 5.41) is 3.30. The predicted octanol–water partition coefficient (Wildman–Crippen LogP) is 4.52. The van der Waals surface area contributed by atoms with Gasteiger partial charge in [0.2, 0.25) is 0 Å². The van der Waals surface area contributed by atoms with E-state index >= 15 is 0 Å². The van der Waals surface area contributed by atoms with Crippen molar-refractivity contribution in [2.45, 2.75) is 20.8 Å². The number of nitrogens with one attached hydrogen (secondary N) is 1. The number of methoxy groups -OCH3 is 1. The lowest BCUT2D eigenvalue weighted by Crippen LogP contribution is -1.99. The minimum atomic E-state index is 0.808. The van der Waals surface area contributed by atoms with Crippen LogP contribution in [0.25, 0.3) is 0 Å². The lowest BCUT2D eigenvalue weighted by Gasteiger charge is -2.13. The Morgan fingerprint density at radius 3 is 2.37 bits per heavy atom. The molecule has 1 heterocycles. The van der Waals surface area contributed by atoms with Gasteiger partial charge in [-0.05, 0) is 71.6 Å². The monoisotopic (exact) mass is 320 g/mol. The summed E-state index contributed by atoms with van der Waals surface area (Å²) in [7, 11) is 1.68. The summed E-state index contributed by atoms with van der Waals surface area (Å²) in [6.07, 6.45) is 1.80. The molecule has 100 valence electrons. The lowest BCUT2D eigenvalue weighted by molar-refractivity contribution is 0.416. The van der Waals surface area contributed by atoms with Crippen LogP contribution in [0.3, 0.4) is 0 Å². The Kier molecular flexibility index (Phi) is 4.10. The topological polar surface area (TPSA) is 34.1 Å². The number of hydrogen-bond acceptors (Lipinski definition) is 3. The summed E-state index contributed by atoms with van der Waals surface area (Å²) in [6, 6.07) is 6.11. The molecule has 0 atom stereocenters. The molecule has 0 unspecified atom stereocenters. The van der Waals surface area contributed by atoms with Gasteiger partial charge in [0.15, 0.2) is 0 Å². The fourth-order valence-corrected chi connectivity index (χ4v) is 2.02. The molecule has 1 aromatic carbocycles. The largest absolute Gasteiger partial charge is 0.495 e. The van der Waals surface area contributed by atoms with Gasteiger partial charge in [0, 0.05) is 10.7 Å². The molecular formula is C15H17BrN2O. The molecule has 19 heavy (non-hydrogen) atoms. The van der Waals surface area contributed by atoms with Gasteiger partial charge >= 0.3 is 0 Å². The number of halogens is 1.